The van der Waals surface area contributed by atoms with Crippen molar-refractivity contribution in [2.45, 2.75) is 32.7 Å². The zero-order valence-corrected chi connectivity index (χ0v) is 20.7. The molecule has 2 aromatic heterocycles. The molecule has 0 spiro atoms. The first-order valence-electron chi connectivity index (χ1n) is 11.2. The van der Waals surface area contributed by atoms with Crippen LogP contribution in [-0.2, 0) is 11.3 Å². The molecule has 1 aliphatic rings. The molecule has 3 aromatic rings. The van der Waals surface area contributed by atoms with E-state index in [0.29, 0.717) is 39.3 Å². The molecule has 0 radical (unpaired) electrons. The summed E-state index contributed by atoms with van der Waals surface area (Å²) >= 11 is 6.67. The van der Waals surface area contributed by atoms with Gasteiger partial charge in [-0.3, -0.25) is 18.9 Å². The number of hydrogen-bond donors (Lipinski definition) is 1. The minimum atomic E-state index is -0.251. The summed E-state index contributed by atoms with van der Waals surface area (Å²) < 4.78 is 7.21. The smallest absolute Gasteiger partial charge is 0.267 e. The third-order valence-corrected chi connectivity index (χ3v) is 6.90. The van der Waals surface area contributed by atoms with E-state index in [0.717, 1.165) is 30.6 Å². The molecule has 3 heterocycles. The normalized spacial score (nSPS) is 14.9. The average molecular weight is 495 g/mol. The number of pyridine rings is 1. The van der Waals surface area contributed by atoms with Crippen molar-refractivity contribution in [2.75, 3.05) is 19.0 Å². The molecule has 0 saturated carbocycles. The van der Waals surface area contributed by atoms with Gasteiger partial charge >= 0.3 is 0 Å². The molecule has 1 aliphatic heterocycles. The number of hydrogen-bond acceptors (Lipinski definition) is 7. The number of fused-ring (bicyclic) bond motifs is 1. The van der Waals surface area contributed by atoms with E-state index in [-0.39, 0.29) is 11.5 Å². The summed E-state index contributed by atoms with van der Waals surface area (Å²) in [7, 11) is 1.62. The first-order valence-corrected chi connectivity index (χ1v) is 12.4. The van der Waals surface area contributed by atoms with E-state index in [2.05, 4.69) is 17.2 Å². The lowest BCUT2D eigenvalue weighted by Crippen LogP contribution is -2.29. The highest BCUT2D eigenvalue weighted by molar-refractivity contribution is 8.26. The molecular formula is C25H26N4O3S2. The lowest BCUT2D eigenvalue weighted by molar-refractivity contribution is -0.122. The molecule has 0 bridgehead atoms. The van der Waals surface area contributed by atoms with E-state index in [1.54, 1.807) is 36.4 Å². The second kappa shape index (κ2) is 10.8. The molecule has 34 heavy (non-hydrogen) atoms. The van der Waals surface area contributed by atoms with Crippen LogP contribution >= 0.6 is 24.0 Å². The first kappa shape index (κ1) is 24.0. The van der Waals surface area contributed by atoms with Gasteiger partial charge in [-0.2, -0.15) is 0 Å². The van der Waals surface area contributed by atoms with Crippen molar-refractivity contribution < 1.29 is 9.53 Å². The van der Waals surface area contributed by atoms with Crippen LogP contribution < -0.4 is 15.6 Å². The highest BCUT2D eigenvalue weighted by Gasteiger charge is 2.32. The van der Waals surface area contributed by atoms with Crippen LogP contribution in [0.5, 0.6) is 5.75 Å². The molecule has 0 unspecified atom stereocenters. The molecule has 1 saturated heterocycles. The Hall–Kier alpha value is -3.17. The maximum Gasteiger partial charge on any atom is 0.267 e. The quantitative estimate of drug-likeness (QED) is 0.262. The van der Waals surface area contributed by atoms with Crippen molar-refractivity contribution in [3.05, 3.63) is 75.0 Å². The zero-order valence-electron chi connectivity index (χ0n) is 19.1. The van der Waals surface area contributed by atoms with Crippen LogP contribution in [0.1, 0.15) is 37.3 Å². The van der Waals surface area contributed by atoms with Gasteiger partial charge in [-0.25, -0.2) is 4.98 Å². The van der Waals surface area contributed by atoms with E-state index in [9.17, 15) is 9.59 Å². The highest BCUT2D eigenvalue weighted by Crippen LogP contribution is 2.33. The van der Waals surface area contributed by atoms with Gasteiger partial charge in [-0.1, -0.05) is 61.9 Å². The van der Waals surface area contributed by atoms with Gasteiger partial charge in [0.15, 0.2) is 0 Å². The monoisotopic (exact) mass is 494 g/mol. The zero-order chi connectivity index (χ0) is 24.1. The number of carbonyl (C=O) groups is 1. The number of rotatable bonds is 9. The molecule has 1 aromatic carbocycles. The summed E-state index contributed by atoms with van der Waals surface area (Å²) in [5.74, 6) is 1.03. The number of benzene rings is 1. The van der Waals surface area contributed by atoms with E-state index >= 15 is 0 Å². The lowest BCUT2D eigenvalue weighted by atomic mass is 10.2. The molecule has 0 atom stereocenters. The Bertz CT molecular complexity index is 1300. The molecule has 9 heteroatoms. The van der Waals surface area contributed by atoms with E-state index in [1.165, 1.54) is 16.2 Å². The predicted octanol–water partition coefficient (Wildman–Crippen LogP) is 4.71. The van der Waals surface area contributed by atoms with Gasteiger partial charge < -0.3 is 10.1 Å². The molecule has 1 fully saturated rings. The van der Waals surface area contributed by atoms with Crippen LogP contribution in [0.3, 0.4) is 0 Å². The Morgan fingerprint density at radius 1 is 1.15 bits per heavy atom. The minimum absolute atomic E-state index is 0.162. The summed E-state index contributed by atoms with van der Waals surface area (Å²) in [5.41, 5.74) is 1.60. The van der Waals surface area contributed by atoms with Gasteiger partial charge in [-0.15, -0.1) is 0 Å². The van der Waals surface area contributed by atoms with Crippen molar-refractivity contribution >= 4 is 51.7 Å². The van der Waals surface area contributed by atoms with E-state index in [1.807, 2.05) is 30.3 Å². The standard InChI is InChI=1S/C25H26N4O3S2/c1-3-4-6-14-29-24(31)20(34-25(29)33)15-19-22(26-16-17-9-11-18(32-2)12-10-17)27-21-8-5-7-13-28(21)23(19)30/h5,7-13,15,26H,3-4,6,14,16H2,1-2H3/b20-15-. The van der Waals surface area contributed by atoms with Gasteiger partial charge in [0, 0.05) is 19.3 Å². The van der Waals surface area contributed by atoms with Crippen molar-refractivity contribution in [3.8, 4) is 5.75 Å². The fraction of sp³-hybridized carbons (Fsp3) is 0.280. The van der Waals surface area contributed by atoms with Crippen molar-refractivity contribution in [1.82, 2.24) is 14.3 Å². The number of amides is 1. The number of thiocarbonyl (C=S) groups is 1. The Morgan fingerprint density at radius 3 is 2.68 bits per heavy atom. The number of nitrogens with zero attached hydrogens (tertiary/aromatic N) is 3. The first-order chi connectivity index (χ1) is 16.5. The third kappa shape index (κ3) is 5.15. The summed E-state index contributed by atoms with van der Waals surface area (Å²) in [4.78, 5) is 33.1. The highest BCUT2D eigenvalue weighted by atomic mass is 32.2. The molecular weight excluding hydrogens is 468 g/mol. The Morgan fingerprint density at radius 2 is 1.94 bits per heavy atom. The van der Waals surface area contributed by atoms with Gasteiger partial charge in [0.05, 0.1) is 17.6 Å². The second-order valence-electron chi connectivity index (χ2n) is 7.85. The predicted molar refractivity (Wildman–Crippen MR) is 141 cm³/mol. The molecule has 1 amide bonds. The Labute approximate surface area is 207 Å². The number of thioether (sulfide) groups is 1. The SMILES string of the molecule is CCCCCN1C(=O)/C(=C/c2c(NCc3ccc(OC)cc3)nc3ccccn3c2=O)SC1=S. The number of unbranched alkanes of at least 4 members (excludes halogenated alkanes) is 2. The number of methoxy groups -OCH3 is 1. The summed E-state index contributed by atoms with van der Waals surface area (Å²) in [6.07, 6.45) is 6.28. The number of carbonyl (C=O) groups excluding carboxylic acids is 1. The lowest BCUT2D eigenvalue weighted by Gasteiger charge is -2.13. The fourth-order valence-corrected chi connectivity index (χ4v) is 4.93. The average Bonchev–Trinajstić information content (AvgIpc) is 3.12. The third-order valence-electron chi connectivity index (χ3n) is 5.52. The Kier molecular flexibility index (Phi) is 7.64. The maximum atomic E-state index is 13.4. The van der Waals surface area contributed by atoms with Crippen molar-refractivity contribution in [1.29, 1.82) is 0 Å². The van der Waals surface area contributed by atoms with Crippen LogP contribution in [-0.4, -0.2) is 38.2 Å². The van der Waals surface area contributed by atoms with Crippen molar-refractivity contribution in [2.24, 2.45) is 0 Å². The van der Waals surface area contributed by atoms with Gasteiger partial charge in [0.1, 0.15) is 21.5 Å². The molecule has 1 N–H and O–H groups in total. The number of ether oxygens (including phenoxy) is 1. The molecule has 4 rings (SSSR count). The number of nitrogens with one attached hydrogen (secondary N) is 1. The summed E-state index contributed by atoms with van der Waals surface area (Å²) in [6, 6.07) is 13.0. The second-order valence-corrected chi connectivity index (χ2v) is 9.53. The van der Waals surface area contributed by atoms with E-state index < -0.39 is 0 Å². The topological polar surface area (TPSA) is 75.9 Å². The van der Waals surface area contributed by atoms with Crippen LogP contribution in [0, 0.1) is 0 Å². The molecule has 176 valence electrons. The molecule has 7 nitrogen and oxygen atoms in total. The minimum Gasteiger partial charge on any atom is -0.497 e. The maximum absolute atomic E-state index is 13.4. The van der Waals surface area contributed by atoms with Crippen molar-refractivity contribution in [3.63, 3.8) is 0 Å². The van der Waals surface area contributed by atoms with Crippen LogP contribution in [0.4, 0.5) is 5.82 Å². The summed E-state index contributed by atoms with van der Waals surface area (Å²) in [5, 5.41) is 3.28. The van der Waals surface area contributed by atoms with E-state index in [4.69, 9.17) is 17.0 Å². The van der Waals surface area contributed by atoms with Crippen LogP contribution in [0.2, 0.25) is 0 Å². The summed E-state index contributed by atoms with van der Waals surface area (Å²) in [6.45, 7) is 3.16. The van der Waals surface area contributed by atoms with Gasteiger partial charge in [-0.05, 0) is 42.3 Å². The van der Waals surface area contributed by atoms with Gasteiger partial charge in [0.2, 0.25) is 0 Å². The fourth-order valence-electron chi connectivity index (χ4n) is 3.64. The van der Waals surface area contributed by atoms with Crippen LogP contribution in [0.15, 0.2) is 58.4 Å². The number of anilines is 1. The number of aromatic nitrogens is 2. The molecule has 0 aliphatic carbocycles. The largest absolute Gasteiger partial charge is 0.497 e. The van der Waals surface area contributed by atoms with Crippen LogP contribution in [0.25, 0.3) is 11.7 Å². The van der Waals surface area contributed by atoms with Gasteiger partial charge in [0.25, 0.3) is 11.5 Å². The Balaban J connectivity index is 1.68.